The first kappa shape index (κ1) is 27.1. The Bertz CT molecular complexity index is 941. The van der Waals surface area contributed by atoms with Crippen molar-refractivity contribution in [3.63, 3.8) is 0 Å². The molecule has 0 N–H and O–H groups in total. The molecule has 0 radical (unpaired) electrons. The third-order valence-corrected chi connectivity index (χ3v) is 6.24. The molecule has 4 nitrogen and oxygen atoms in total. The average molecular weight is 515 g/mol. The zero-order valence-corrected chi connectivity index (χ0v) is 22.7. The van der Waals surface area contributed by atoms with Gasteiger partial charge >= 0.3 is 0 Å². The molecule has 33 heavy (non-hydrogen) atoms. The summed E-state index contributed by atoms with van der Waals surface area (Å²) < 4.78 is 6.47. The lowest BCUT2D eigenvalue weighted by molar-refractivity contribution is 0.308. The summed E-state index contributed by atoms with van der Waals surface area (Å²) >= 11 is 3.36. The van der Waals surface area contributed by atoms with Crippen LogP contribution in [0.15, 0.2) is 53.0 Å². The molecule has 1 aliphatic carbocycles. The predicted octanol–water partition coefficient (Wildman–Crippen LogP) is 8.07. The van der Waals surface area contributed by atoms with E-state index in [4.69, 9.17) is 4.74 Å². The molecule has 0 bridgehead atoms. The van der Waals surface area contributed by atoms with E-state index in [1.54, 1.807) is 0 Å². The summed E-state index contributed by atoms with van der Waals surface area (Å²) in [4.78, 5) is 10.8. The van der Waals surface area contributed by atoms with Crippen LogP contribution in [0.1, 0.15) is 58.7 Å². The fourth-order valence-corrected chi connectivity index (χ4v) is 3.96. The van der Waals surface area contributed by atoms with Gasteiger partial charge in [0.25, 0.3) is 0 Å². The molecule has 0 unspecified atom stereocenters. The maximum atomic E-state index is 5.39. The Morgan fingerprint density at radius 3 is 2.03 bits per heavy atom. The number of rotatable bonds is 4. The van der Waals surface area contributed by atoms with Crippen LogP contribution in [0.3, 0.4) is 0 Å². The van der Waals surface area contributed by atoms with E-state index in [0.717, 1.165) is 57.6 Å². The number of para-hydroxylation sites is 1. The summed E-state index contributed by atoms with van der Waals surface area (Å²) in [5.74, 6) is 4.77. The van der Waals surface area contributed by atoms with Crippen LogP contribution in [-0.4, -0.2) is 30.7 Å². The quantitative estimate of drug-likeness (QED) is 0.353. The molecule has 2 aromatic carbocycles. The van der Waals surface area contributed by atoms with E-state index in [1.807, 2.05) is 74.4 Å². The first-order valence-corrected chi connectivity index (χ1v) is 12.9. The zero-order valence-electron chi connectivity index (χ0n) is 21.1. The number of halogens is 1. The predicted molar refractivity (Wildman–Crippen MR) is 145 cm³/mol. The number of ether oxygens (including phenoxy) is 1. The minimum atomic E-state index is 0.793. The highest BCUT2D eigenvalue weighted by molar-refractivity contribution is 9.10. The van der Waals surface area contributed by atoms with E-state index >= 15 is 0 Å². The molecule has 3 aromatic rings. The van der Waals surface area contributed by atoms with E-state index in [-0.39, 0.29) is 0 Å². The van der Waals surface area contributed by atoms with Gasteiger partial charge in [0.15, 0.2) is 0 Å². The number of hydrogen-bond acceptors (Lipinski definition) is 4. The summed E-state index contributed by atoms with van der Waals surface area (Å²) in [6, 6.07) is 15.9. The minimum absolute atomic E-state index is 0.793. The molecule has 4 rings (SSSR count). The number of aromatic nitrogens is 2. The number of nitrogens with zero attached hydrogens (tertiary/aromatic N) is 3. The van der Waals surface area contributed by atoms with Gasteiger partial charge in [-0.05, 0) is 61.6 Å². The lowest BCUT2D eigenvalue weighted by atomic mass is 9.84. The number of anilines is 1. The van der Waals surface area contributed by atoms with Crippen LogP contribution in [0.5, 0.6) is 5.75 Å². The lowest BCUT2D eigenvalue weighted by Gasteiger charge is -2.22. The van der Waals surface area contributed by atoms with Gasteiger partial charge in [0.05, 0.1) is 12.1 Å². The second kappa shape index (κ2) is 14.2. The van der Waals surface area contributed by atoms with E-state index < -0.39 is 0 Å². The number of fused-ring (bicyclic) bond motifs is 1. The normalized spacial score (nSPS) is 17.3. The molecule has 1 heterocycles. The summed E-state index contributed by atoms with van der Waals surface area (Å²) in [5.41, 5.74) is 1.00. The standard InChI is InChI=1S/C11H13N3.C9H11BrO.C8H16/c1-8-12-10-7-5-4-6-9(10)11(13-8)14(2)3;1-2-7-11-9-5-3-8(10)4-6-9;1-7-3-5-8(2)6-4-7/h4-7H,1-3H3;3-6H,2,7H2,1H3;7-8H,3-6H2,1-2H3. The number of hydrogen-bond donors (Lipinski definition) is 0. The van der Waals surface area contributed by atoms with Crippen LogP contribution in [0.4, 0.5) is 5.82 Å². The second-order valence-corrected chi connectivity index (χ2v) is 10.1. The minimum Gasteiger partial charge on any atom is -0.494 e. The molecule has 180 valence electrons. The van der Waals surface area contributed by atoms with Crippen molar-refractivity contribution in [1.29, 1.82) is 0 Å². The highest BCUT2D eigenvalue weighted by Gasteiger charge is 2.13. The molecule has 1 fully saturated rings. The molecule has 0 spiro atoms. The molecule has 0 saturated heterocycles. The highest BCUT2D eigenvalue weighted by Crippen LogP contribution is 2.27. The first-order chi connectivity index (χ1) is 15.8. The lowest BCUT2D eigenvalue weighted by Crippen LogP contribution is -2.12. The van der Waals surface area contributed by atoms with Crippen LogP contribution < -0.4 is 9.64 Å². The first-order valence-electron chi connectivity index (χ1n) is 12.1. The smallest absolute Gasteiger partial charge is 0.139 e. The zero-order chi connectivity index (χ0) is 24.2. The highest BCUT2D eigenvalue weighted by atomic mass is 79.9. The third kappa shape index (κ3) is 9.71. The van der Waals surface area contributed by atoms with Crippen molar-refractivity contribution in [3.8, 4) is 5.75 Å². The van der Waals surface area contributed by atoms with Crippen LogP contribution >= 0.6 is 15.9 Å². The second-order valence-electron chi connectivity index (χ2n) is 9.17. The van der Waals surface area contributed by atoms with E-state index in [0.29, 0.717) is 0 Å². The van der Waals surface area contributed by atoms with Gasteiger partial charge in [-0.1, -0.05) is 74.5 Å². The van der Waals surface area contributed by atoms with Gasteiger partial charge in [0.1, 0.15) is 17.4 Å². The van der Waals surface area contributed by atoms with E-state index in [9.17, 15) is 0 Å². The van der Waals surface area contributed by atoms with Crippen molar-refractivity contribution in [2.75, 3.05) is 25.6 Å². The Morgan fingerprint density at radius 1 is 0.909 bits per heavy atom. The van der Waals surface area contributed by atoms with Gasteiger partial charge in [-0.15, -0.1) is 0 Å². The van der Waals surface area contributed by atoms with Gasteiger partial charge in [0, 0.05) is 24.0 Å². The number of benzene rings is 2. The Morgan fingerprint density at radius 2 is 1.48 bits per heavy atom. The Hall–Kier alpha value is -2.14. The molecular weight excluding hydrogens is 474 g/mol. The summed E-state index contributed by atoms with van der Waals surface area (Å²) in [7, 11) is 3.99. The fourth-order valence-electron chi connectivity index (χ4n) is 3.69. The molecule has 1 aliphatic rings. The van der Waals surface area contributed by atoms with Crippen molar-refractivity contribution in [2.45, 2.75) is 59.8 Å². The van der Waals surface area contributed by atoms with Crippen molar-refractivity contribution in [2.24, 2.45) is 11.8 Å². The Labute approximate surface area is 208 Å². The van der Waals surface area contributed by atoms with Crippen LogP contribution in [0.25, 0.3) is 10.9 Å². The molecule has 0 aliphatic heterocycles. The van der Waals surface area contributed by atoms with Crippen molar-refractivity contribution in [3.05, 3.63) is 58.8 Å². The molecule has 1 saturated carbocycles. The molecule has 0 atom stereocenters. The topological polar surface area (TPSA) is 38.2 Å². The van der Waals surface area contributed by atoms with Gasteiger partial charge in [-0.3, -0.25) is 0 Å². The van der Waals surface area contributed by atoms with Gasteiger partial charge in [0.2, 0.25) is 0 Å². The van der Waals surface area contributed by atoms with E-state index in [2.05, 4.69) is 46.7 Å². The average Bonchev–Trinajstić information content (AvgIpc) is 2.81. The summed E-state index contributed by atoms with van der Waals surface area (Å²) in [6.45, 7) is 9.54. The maximum absolute atomic E-state index is 5.39. The van der Waals surface area contributed by atoms with Gasteiger partial charge < -0.3 is 9.64 Å². The molecular formula is C28H40BrN3O. The Kier molecular flexibility index (Phi) is 11.7. The van der Waals surface area contributed by atoms with Crippen molar-refractivity contribution >= 4 is 32.7 Å². The number of aryl methyl sites for hydroxylation is 1. The molecule has 5 heteroatoms. The van der Waals surface area contributed by atoms with Crippen LogP contribution in [-0.2, 0) is 0 Å². The van der Waals surface area contributed by atoms with Crippen LogP contribution in [0, 0.1) is 18.8 Å². The summed E-state index contributed by atoms with van der Waals surface area (Å²) in [6.07, 6.45) is 6.95. The molecule has 0 amide bonds. The maximum Gasteiger partial charge on any atom is 0.139 e. The Balaban J connectivity index is 0.000000182. The van der Waals surface area contributed by atoms with Crippen molar-refractivity contribution in [1.82, 2.24) is 9.97 Å². The molecule has 1 aromatic heterocycles. The SMILES string of the molecule is CC1CCC(C)CC1.CCCOc1ccc(Br)cc1.Cc1nc(N(C)C)c2ccccc2n1. The fraction of sp³-hybridized carbons (Fsp3) is 0.500. The van der Waals surface area contributed by atoms with Gasteiger partial charge in [-0.2, -0.15) is 0 Å². The van der Waals surface area contributed by atoms with Crippen molar-refractivity contribution < 1.29 is 4.74 Å². The van der Waals surface area contributed by atoms with Crippen LogP contribution in [0.2, 0.25) is 0 Å². The summed E-state index contributed by atoms with van der Waals surface area (Å²) in [5, 5.41) is 1.10. The third-order valence-electron chi connectivity index (χ3n) is 5.71. The van der Waals surface area contributed by atoms with E-state index in [1.165, 1.54) is 25.7 Å². The van der Waals surface area contributed by atoms with Gasteiger partial charge in [-0.25, -0.2) is 9.97 Å². The largest absolute Gasteiger partial charge is 0.494 e. The monoisotopic (exact) mass is 513 g/mol.